The van der Waals surface area contributed by atoms with Gasteiger partial charge in [-0.05, 0) is 37.6 Å². The molecule has 0 fully saturated rings. The number of nitrogens with zero attached hydrogens (tertiary/aromatic N) is 3. The van der Waals surface area contributed by atoms with Gasteiger partial charge in [0.15, 0.2) is 5.82 Å². The quantitative estimate of drug-likeness (QED) is 0.811. The van der Waals surface area contributed by atoms with Gasteiger partial charge in [0.25, 0.3) is 5.91 Å². The molecule has 0 saturated carbocycles. The van der Waals surface area contributed by atoms with Gasteiger partial charge < -0.3 is 10.2 Å². The van der Waals surface area contributed by atoms with Crippen molar-refractivity contribution in [2.24, 2.45) is 0 Å². The zero-order valence-electron chi connectivity index (χ0n) is 11.1. The molecule has 1 aliphatic heterocycles. The number of aromatic nitrogens is 2. The average Bonchev–Trinajstić information content (AvgIpc) is 2.54. The topological polar surface area (TPSA) is 58.1 Å². The standard InChI is InChI=1S/C14H13FN4O/c1-3-19-12-9(5-4-6-16-12)14(20)18-11-8(2)7-10(15)17-13(11)19/h4-7H,3H2,1-2H3,(H,18,20). The zero-order valence-corrected chi connectivity index (χ0v) is 11.1. The summed E-state index contributed by atoms with van der Waals surface area (Å²) in [5.74, 6) is 0.0367. The van der Waals surface area contributed by atoms with E-state index in [1.165, 1.54) is 6.07 Å². The van der Waals surface area contributed by atoms with Crippen LogP contribution < -0.4 is 10.2 Å². The fourth-order valence-electron chi connectivity index (χ4n) is 2.34. The molecule has 5 nitrogen and oxygen atoms in total. The Labute approximate surface area is 115 Å². The van der Waals surface area contributed by atoms with Crippen molar-refractivity contribution in [1.29, 1.82) is 0 Å². The van der Waals surface area contributed by atoms with Crippen LogP contribution in [0.4, 0.5) is 21.7 Å². The first-order valence-corrected chi connectivity index (χ1v) is 6.33. The molecule has 6 heteroatoms. The molecule has 2 aromatic rings. The van der Waals surface area contributed by atoms with Crippen LogP contribution in [0.1, 0.15) is 22.8 Å². The van der Waals surface area contributed by atoms with Gasteiger partial charge in [0, 0.05) is 12.7 Å². The average molecular weight is 272 g/mol. The first-order chi connectivity index (χ1) is 9.61. The molecule has 20 heavy (non-hydrogen) atoms. The first kappa shape index (κ1) is 12.5. The number of fused-ring (bicyclic) bond motifs is 2. The highest BCUT2D eigenvalue weighted by Crippen LogP contribution is 2.36. The lowest BCUT2D eigenvalue weighted by atomic mass is 10.2. The molecule has 1 N–H and O–H groups in total. The number of anilines is 3. The Kier molecular flexibility index (Phi) is 2.85. The van der Waals surface area contributed by atoms with E-state index in [9.17, 15) is 9.18 Å². The van der Waals surface area contributed by atoms with Gasteiger partial charge in [0.1, 0.15) is 5.82 Å². The predicted octanol–water partition coefficient (Wildman–Crippen LogP) is 2.65. The molecule has 2 aromatic heterocycles. The predicted molar refractivity (Wildman–Crippen MR) is 73.8 cm³/mol. The van der Waals surface area contributed by atoms with Crippen molar-refractivity contribution in [2.75, 3.05) is 16.8 Å². The number of amides is 1. The lowest BCUT2D eigenvalue weighted by molar-refractivity contribution is 0.102. The smallest absolute Gasteiger partial charge is 0.259 e. The minimum absolute atomic E-state index is 0.262. The maximum atomic E-state index is 13.6. The number of nitrogens with one attached hydrogen (secondary N) is 1. The molecule has 0 spiro atoms. The van der Waals surface area contributed by atoms with Gasteiger partial charge >= 0.3 is 0 Å². The Morgan fingerprint density at radius 2 is 2.20 bits per heavy atom. The summed E-state index contributed by atoms with van der Waals surface area (Å²) in [5, 5.41) is 2.79. The van der Waals surface area contributed by atoms with Gasteiger partial charge in [0.2, 0.25) is 5.95 Å². The number of hydrogen-bond donors (Lipinski definition) is 1. The molecule has 0 unspecified atom stereocenters. The van der Waals surface area contributed by atoms with Gasteiger partial charge in [-0.3, -0.25) is 4.79 Å². The van der Waals surface area contributed by atoms with Gasteiger partial charge in [-0.25, -0.2) is 4.98 Å². The van der Waals surface area contributed by atoms with Gasteiger partial charge in [0.05, 0.1) is 11.3 Å². The van der Waals surface area contributed by atoms with Crippen LogP contribution in [0.3, 0.4) is 0 Å². The number of halogens is 1. The monoisotopic (exact) mass is 272 g/mol. The number of carbonyl (C=O) groups is 1. The summed E-state index contributed by atoms with van der Waals surface area (Å²) in [6.07, 6.45) is 1.60. The Morgan fingerprint density at radius 3 is 2.95 bits per heavy atom. The van der Waals surface area contributed by atoms with Crippen LogP contribution in [0.2, 0.25) is 0 Å². The zero-order chi connectivity index (χ0) is 14.3. The Balaban J connectivity index is 2.31. The van der Waals surface area contributed by atoms with Crippen LogP contribution in [0.5, 0.6) is 0 Å². The Bertz CT molecular complexity index is 702. The van der Waals surface area contributed by atoms with Crippen LogP contribution in [-0.2, 0) is 0 Å². The van der Waals surface area contributed by atoms with E-state index in [0.29, 0.717) is 35.0 Å². The van der Waals surface area contributed by atoms with Crippen LogP contribution >= 0.6 is 0 Å². The SMILES string of the molecule is CCN1c2ncccc2C(=O)Nc2c(C)cc(F)nc21. The largest absolute Gasteiger partial charge is 0.318 e. The molecule has 0 bridgehead atoms. The van der Waals surface area contributed by atoms with Crippen LogP contribution in [0.15, 0.2) is 24.4 Å². The van der Waals surface area contributed by atoms with Crippen molar-refractivity contribution in [3.05, 3.63) is 41.5 Å². The highest BCUT2D eigenvalue weighted by molar-refractivity contribution is 6.11. The van der Waals surface area contributed by atoms with Crippen molar-refractivity contribution in [3.63, 3.8) is 0 Å². The first-order valence-electron chi connectivity index (χ1n) is 6.33. The molecule has 0 atom stereocenters. The van der Waals surface area contributed by atoms with Crippen molar-refractivity contribution >= 4 is 23.2 Å². The van der Waals surface area contributed by atoms with E-state index in [1.807, 2.05) is 6.92 Å². The van der Waals surface area contributed by atoms with E-state index >= 15 is 0 Å². The summed E-state index contributed by atoms with van der Waals surface area (Å²) >= 11 is 0. The number of rotatable bonds is 1. The lowest BCUT2D eigenvalue weighted by Gasteiger charge is -2.22. The molecule has 0 radical (unpaired) electrons. The van der Waals surface area contributed by atoms with Crippen LogP contribution in [0, 0.1) is 12.9 Å². The Morgan fingerprint density at radius 1 is 1.40 bits per heavy atom. The van der Waals surface area contributed by atoms with E-state index in [4.69, 9.17) is 0 Å². The van der Waals surface area contributed by atoms with E-state index in [2.05, 4.69) is 15.3 Å². The summed E-state index contributed by atoms with van der Waals surface area (Å²) in [6.45, 7) is 4.17. The molecule has 1 aliphatic rings. The molecular formula is C14H13FN4O. The van der Waals surface area contributed by atoms with E-state index in [0.717, 1.165) is 0 Å². The minimum Gasteiger partial charge on any atom is -0.318 e. The summed E-state index contributed by atoms with van der Waals surface area (Å²) in [4.78, 5) is 22.2. The number of carbonyl (C=O) groups excluding carboxylic acids is 1. The van der Waals surface area contributed by atoms with E-state index < -0.39 is 5.95 Å². The number of pyridine rings is 2. The van der Waals surface area contributed by atoms with E-state index in [-0.39, 0.29) is 5.91 Å². The molecule has 0 saturated heterocycles. The van der Waals surface area contributed by atoms with Gasteiger partial charge in [-0.1, -0.05) is 0 Å². The summed E-state index contributed by atoms with van der Waals surface area (Å²) < 4.78 is 13.6. The summed E-state index contributed by atoms with van der Waals surface area (Å²) in [6, 6.07) is 4.69. The van der Waals surface area contributed by atoms with E-state index in [1.54, 1.807) is 30.2 Å². The molecule has 0 aliphatic carbocycles. The second-order valence-electron chi connectivity index (χ2n) is 4.53. The molecule has 3 heterocycles. The Hall–Kier alpha value is -2.50. The molecule has 3 rings (SSSR count). The van der Waals surface area contributed by atoms with Crippen molar-refractivity contribution in [2.45, 2.75) is 13.8 Å². The molecular weight excluding hydrogens is 259 g/mol. The molecule has 1 amide bonds. The second kappa shape index (κ2) is 4.56. The minimum atomic E-state index is -0.576. The highest BCUT2D eigenvalue weighted by Gasteiger charge is 2.27. The van der Waals surface area contributed by atoms with Gasteiger partial charge in [-0.15, -0.1) is 0 Å². The molecule has 0 aromatic carbocycles. The normalized spacial score (nSPS) is 13.3. The third-order valence-corrected chi connectivity index (χ3v) is 3.26. The number of aryl methyl sites for hydroxylation is 1. The fourth-order valence-corrected chi connectivity index (χ4v) is 2.34. The fraction of sp³-hybridized carbons (Fsp3) is 0.214. The van der Waals surface area contributed by atoms with Gasteiger partial charge in [-0.2, -0.15) is 9.37 Å². The third kappa shape index (κ3) is 1.80. The highest BCUT2D eigenvalue weighted by atomic mass is 19.1. The second-order valence-corrected chi connectivity index (χ2v) is 4.53. The van der Waals surface area contributed by atoms with Crippen LogP contribution in [-0.4, -0.2) is 22.4 Å². The maximum absolute atomic E-state index is 13.6. The summed E-state index contributed by atoms with van der Waals surface area (Å²) in [7, 11) is 0. The van der Waals surface area contributed by atoms with Crippen molar-refractivity contribution in [3.8, 4) is 0 Å². The lowest BCUT2D eigenvalue weighted by Crippen LogP contribution is -2.20. The summed E-state index contributed by atoms with van der Waals surface area (Å²) in [5.41, 5.74) is 1.61. The van der Waals surface area contributed by atoms with Crippen LogP contribution in [0.25, 0.3) is 0 Å². The van der Waals surface area contributed by atoms with Crippen molar-refractivity contribution in [1.82, 2.24) is 9.97 Å². The van der Waals surface area contributed by atoms with Crippen molar-refractivity contribution < 1.29 is 9.18 Å². The third-order valence-electron chi connectivity index (χ3n) is 3.26. The maximum Gasteiger partial charge on any atom is 0.259 e. The number of hydrogen-bond acceptors (Lipinski definition) is 4. The molecule has 102 valence electrons.